The Hall–Kier alpha value is -0.610. The Balaban J connectivity index is 1.80. The Morgan fingerprint density at radius 1 is 1.41 bits per heavy atom. The number of likely N-dealkylation sites (tertiary alicyclic amines) is 1. The summed E-state index contributed by atoms with van der Waals surface area (Å²) in [5.74, 6) is 0.281. The number of carbonyl (C=O) groups excluding carboxylic acids is 1. The molecular weight excluding hydrogens is 216 g/mol. The number of nitrogens with zero attached hydrogens (tertiary/aromatic N) is 2. The van der Waals surface area contributed by atoms with Gasteiger partial charge in [-0.05, 0) is 39.7 Å². The Kier molecular flexibility index (Phi) is 4.40. The highest BCUT2D eigenvalue weighted by atomic mass is 16.5. The van der Waals surface area contributed by atoms with Crippen LogP contribution in [-0.4, -0.2) is 61.1 Å². The minimum absolute atomic E-state index is 0.0164. The molecule has 2 atom stereocenters. The van der Waals surface area contributed by atoms with Crippen molar-refractivity contribution in [3.8, 4) is 0 Å². The maximum Gasteiger partial charge on any atom is 0.239 e. The van der Waals surface area contributed by atoms with Gasteiger partial charge in [0.05, 0.1) is 12.1 Å². The van der Waals surface area contributed by atoms with Crippen LogP contribution < -0.4 is 0 Å². The molecule has 0 aromatic heterocycles. The van der Waals surface area contributed by atoms with Crippen LogP contribution >= 0.6 is 0 Å². The third-order valence-corrected chi connectivity index (χ3v) is 3.95. The van der Waals surface area contributed by atoms with E-state index in [1.54, 1.807) is 0 Å². The summed E-state index contributed by atoms with van der Waals surface area (Å²) in [4.78, 5) is 16.3. The smallest absolute Gasteiger partial charge is 0.239 e. The van der Waals surface area contributed by atoms with Crippen molar-refractivity contribution < 1.29 is 9.53 Å². The van der Waals surface area contributed by atoms with Gasteiger partial charge in [-0.2, -0.15) is 0 Å². The molecule has 2 fully saturated rings. The van der Waals surface area contributed by atoms with Gasteiger partial charge in [-0.25, -0.2) is 0 Å². The van der Waals surface area contributed by atoms with E-state index in [9.17, 15) is 4.79 Å². The van der Waals surface area contributed by atoms with Crippen molar-refractivity contribution in [2.75, 3.05) is 33.3 Å². The van der Waals surface area contributed by atoms with Gasteiger partial charge in [-0.1, -0.05) is 0 Å². The van der Waals surface area contributed by atoms with Gasteiger partial charge in [0.25, 0.3) is 0 Å². The Bertz CT molecular complexity index is 258. The molecule has 4 nitrogen and oxygen atoms in total. The second kappa shape index (κ2) is 5.83. The number of amides is 1. The largest absolute Gasteiger partial charge is 0.377 e. The zero-order valence-electron chi connectivity index (χ0n) is 11.0. The quantitative estimate of drug-likeness (QED) is 0.738. The molecule has 2 aliphatic heterocycles. The molecule has 4 heteroatoms. The van der Waals surface area contributed by atoms with E-state index in [0.717, 1.165) is 51.9 Å². The number of rotatable bonds is 4. The van der Waals surface area contributed by atoms with E-state index >= 15 is 0 Å². The normalized spacial score (nSPS) is 26.8. The van der Waals surface area contributed by atoms with Crippen molar-refractivity contribution in [3.05, 3.63) is 0 Å². The van der Waals surface area contributed by atoms with E-state index in [2.05, 4.69) is 4.90 Å². The first-order valence-corrected chi connectivity index (χ1v) is 6.79. The second-order valence-corrected chi connectivity index (χ2v) is 5.28. The van der Waals surface area contributed by atoms with Gasteiger partial charge in [0.2, 0.25) is 5.91 Å². The molecule has 1 amide bonds. The standard InChI is InChI=1S/C13H24N2O2/c1-11(13(16)15-7-3-4-8-15)14(2)10-12-6-5-9-17-12/h11-12H,3-10H2,1-2H3/t11-,12-/m1/s1. The van der Waals surface area contributed by atoms with Crippen LogP contribution in [0.2, 0.25) is 0 Å². The van der Waals surface area contributed by atoms with E-state index in [1.165, 1.54) is 0 Å². The number of hydrogen-bond donors (Lipinski definition) is 0. The minimum atomic E-state index is -0.0164. The molecule has 0 radical (unpaired) electrons. The van der Waals surface area contributed by atoms with Crippen LogP contribution in [0.4, 0.5) is 0 Å². The molecule has 2 saturated heterocycles. The third-order valence-electron chi connectivity index (χ3n) is 3.95. The fourth-order valence-electron chi connectivity index (χ4n) is 2.66. The average Bonchev–Trinajstić information content (AvgIpc) is 2.99. The molecule has 0 aromatic rings. The fraction of sp³-hybridized carbons (Fsp3) is 0.923. The topological polar surface area (TPSA) is 32.8 Å². The van der Waals surface area contributed by atoms with Crippen molar-refractivity contribution in [1.29, 1.82) is 0 Å². The second-order valence-electron chi connectivity index (χ2n) is 5.28. The van der Waals surface area contributed by atoms with E-state index in [-0.39, 0.29) is 11.9 Å². The van der Waals surface area contributed by atoms with Gasteiger partial charge in [0.15, 0.2) is 0 Å². The lowest BCUT2D eigenvalue weighted by molar-refractivity contribution is -0.135. The Morgan fingerprint density at radius 2 is 2.12 bits per heavy atom. The molecule has 0 aliphatic carbocycles. The third kappa shape index (κ3) is 3.19. The lowest BCUT2D eigenvalue weighted by Crippen LogP contribution is -2.46. The SMILES string of the molecule is C[C@H](C(=O)N1CCCC1)N(C)C[C@H]1CCCO1. The molecule has 0 spiro atoms. The molecule has 17 heavy (non-hydrogen) atoms. The lowest BCUT2D eigenvalue weighted by Gasteiger charge is -2.29. The Labute approximate surface area is 104 Å². The molecule has 0 unspecified atom stereocenters. The maximum absolute atomic E-state index is 12.2. The monoisotopic (exact) mass is 240 g/mol. The van der Waals surface area contributed by atoms with Crippen molar-refractivity contribution in [1.82, 2.24) is 9.80 Å². The van der Waals surface area contributed by atoms with Crippen LogP contribution in [0.1, 0.15) is 32.6 Å². The summed E-state index contributed by atoms with van der Waals surface area (Å²) in [6.45, 7) is 5.65. The summed E-state index contributed by atoms with van der Waals surface area (Å²) in [5, 5.41) is 0. The van der Waals surface area contributed by atoms with Crippen molar-refractivity contribution in [3.63, 3.8) is 0 Å². The van der Waals surface area contributed by atoms with Crippen LogP contribution in [0.15, 0.2) is 0 Å². The van der Waals surface area contributed by atoms with Crippen LogP contribution in [0, 0.1) is 0 Å². The van der Waals surface area contributed by atoms with Crippen molar-refractivity contribution >= 4 is 5.91 Å². The zero-order valence-corrected chi connectivity index (χ0v) is 11.0. The fourth-order valence-corrected chi connectivity index (χ4v) is 2.66. The first-order valence-electron chi connectivity index (χ1n) is 6.79. The summed E-state index contributed by atoms with van der Waals surface area (Å²) in [6.07, 6.45) is 4.94. The van der Waals surface area contributed by atoms with E-state index < -0.39 is 0 Å². The van der Waals surface area contributed by atoms with Crippen LogP contribution in [0.25, 0.3) is 0 Å². The number of likely N-dealkylation sites (N-methyl/N-ethyl adjacent to an activating group) is 1. The minimum Gasteiger partial charge on any atom is -0.377 e. The number of carbonyl (C=O) groups is 1. The van der Waals surface area contributed by atoms with Gasteiger partial charge in [0, 0.05) is 26.2 Å². The van der Waals surface area contributed by atoms with Gasteiger partial charge in [-0.15, -0.1) is 0 Å². The first kappa shape index (κ1) is 12.8. The van der Waals surface area contributed by atoms with Crippen LogP contribution in [-0.2, 0) is 9.53 Å². The number of hydrogen-bond acceptors (Lipinski definition) is 3. The highest BCUT2D eigenvalue weighted by Gasteiger charge is 2.28. The molecule has 2 aliphatic rings. The summed E-state index contributed by atoms with van der Waals surface area (Å²) in [7, 11) is 2.03. The molecule has 0 N–H and O–H groups in total. The first-order chi connectivity index (χ1) is 8.18. The predicted molar refractivity (Wildman–Crippen MR) is 66.9 cm³/mol. The van der Waals surface area contributed by atoms with Gasteiger partial charge >= 0.3 is 0 Å². The van der Waals surface area contributed by atoms with Crippen molar-refractivity contribution in [2.45, 2.75) is 44.8 Å². The molecule has 0 aromatic carbocycles. The molecule has 98 valence electrons. The maximum atomic E-state index is 12.2. The molecule has 2 rings (SSSR count). The molecular formula is C13H24N2O2. The van der Waals surface area contributed by atoms with Gasteiger partial charge < -0.3 is 9.64 Å². The average molecular weight is 240 g/mol. The summed E-state index contributed by atoms with van der Waals surface area (Å²) in [5.41, 5.74) is 0. The van der Waals surface area contributed by atoms with E-state index in [0.29, 0.717) is 6.10 Å². The number of ether oxygens (including phenoxy) is 1. The predicted octanol–water partition coefficient (Wildman–Crippen LogP) is 1.11. The van der Waals surface area contributed by atoms with Crippen LogP contribution in [0.3, 0.4) is 0 Å². The summed E-state index contributed by atoms with van der Waals surface area (Å²) >= 11 is 0. The van der Waals surface area contributed by atoms with E-state index in [4.69, 9.17) is 4.74 Å². The van der Waals surface area contributed by atoms with E-state index in [1.807, 2.05) is 18.9 Å². The van der Waals surface area contributed by atoms with Crippen LogP contribution in [0.5, 0.6) is 0 Å². The zero-order chi connectivity index (χ0) is 12.3. The lowest BCUT2D eigenvalue weighted by atomic mass is 10.2. The van der Waals surface area contributed by atoms with Gasteiger partial charge in [-0.3, -0.25) is 9.69 Å². The highest BCUT2D eigenvalue weighted by Crippen LogP contribution is 2.15. The summed E-state index contributed by atoms with van der Waals surface area (Å²) in [6, 6.07) is -0.0164. The summed E-state index contributed by atoms with van der Waals surface area (Å²) < 4.78 is 5.61. The highest BCUT2D eigenvalue weighted by molar-refractivity contribution is 5.81. The molecule has 0 bridgehead atoms. The molecule has 0 saturated carbocycles. The van der Waals surface area contributed by atoms with Crippen molar-refractivity contribution in [2.24, 2.45) is 0 Å². The molecule has 2 heterocycles. The van der Waals surface area contributed by atoms with Gasteiger partial charge in [0.1, 0.15) is 0 Å². The Morgan fingerprint density at radius 3 is 2.71 bits per heavy atom.